The molecule has 0 aliphatic carbocycles. The second kappa shape index (κ2) is 5.60. The molecule has 1 aromatic carbocycles. The number of carbonyl (C=O) groups excluding carboxylic acids is 1. The van der Waals surface area contributed by atoms with Gasteiger partial charge in [-0.1, -0.05) is 15.9 Å². The molecule has 0 radical (unpaired) electrons. The van der Waals surface area contributed by atoms with Crippen molar-refractivity contribution < 1.29 is 18.0 Å². The molecule has 1 aromatic rings. The van der Waals surface area contributed by atoms with Gasteiger partial charge in [-0.25, -0.2) is 0 Å². The second-order valence-electron chi connectivity index (χ2n) is 3.87. The molecule has 18 heavy (non-hydrogen) atoms. The topological polar surface area (TPSA) is 46.3 Å². The maximum Gasteiger partial charge on any atom is 0.390 e. The van der Waals surface area contributed by atoms with Crippen LogP contribution in [0.25, 0.3) is 0 Å². The Morgan fingerprint density at radius 3 is 2.50 bits per heavy atom. The summed E-state index contributed by atoms with van der Waals surface area (Å²) >= 11 is 3.17. The number of anilines is 1. The molecule has 2 N–H and O–H groups in total. The zero-order valence-electron chi connectivity index (χ0n) is 9.59. The summed E-state index contributed by atoms with van der Waals surface area (Å²) in [5.74, 6) is -0.493. The molecule has 0 saturated heterocycles. The summed E-state index contributed by atoms with van der Waals surface area (Å²) in [5.41, 5.74) is 6.19. The summed E-state index contributed by atoms with van der Waals surface area (Å²) in [6.45, 7) is -0.380. The van der Waals surface area contributed by atoms with Crippen molar-refractivity contribution in [2.24, 2.45) is 0 Å². The van der Waals surface area contributed by atoms with Crippen LogP contribution in [0.5, 0.6) is 0 Å². The molecule has 0 aliphatic heterocycles. The molecule has 1 amide bonds. The average Bonchev–Trinajstić information content (AvgIpc) is 2.22. The third-order valence-electron chi connectivity index (χ3n) is 2.24. The summed E-state index contributed by atoms with van der Waals surface area (Å²) in [6.07, 6.45) is -5.30. The largest absolute Gasteiger partial charge is 0.399 e. The first-order valence-corrected chi connectivity index (χ1v) is 5.86. The van der Waals surface area contributed by atoms with Crippen molar-refractivity contribution in [3.8, 4) is 0 Å². The quantitative estimate of drug-likeness (QED) is 0.868. The monoisotopic (exact) mass is 324 g/mol. The number of carbonyl (C=O) groups is 1. The zero-order chi connectivity index (χ0) is 13.9. The minimum atomic E-state index is -4.27. The van der Waals surface area contributed by atoms with Crippen LogP contribution in [-0.4, -0.2) is 30.6 Å². The van der Waals surface area contributed by atoms with Gasteiger partial charge in [0.15, 0.2) is 0 Å². The van der Waals surface area contributed by atoms with Gasteiger partial charge in [-0.05, 0) is 18.2 Å². The number of nitrogen functional groups attached to an aromatic ring is 1. The molecular weight excluding hydrogens is 313 g/mol. The first-order valence-electron chi connectivity index (χ1n) is 5.07. The van der Waals surface area contributed by atoms with E-state index in [1.54, 1.807) is 6.07 Å². The van der Waals surface area contributed by atoms with Gasteiger partial charge in [0.05, 0.1) is 6.42 Å². The summed E-state index contributed by atoms with van der Waals surface area (Å²) in [5, 5.41) is 0. The fourth-order valence-corrected chi connectivity index (χ4v) is 1.86. The van der Waals surface area contributed by atoms with Crippen LogP contribution in [-0.2, 0) is 0 Å². The number of halogens is 4. The van der Waals surface area contributed by atoms with Gasteiger partial charge in [-0.2, -0.15) is 13.2 Å². The summed E-state index contributed by atoms with van der Waals surface area (Å²) in [7, 11) is 1.32. The van der Waals surface area contributed by atoms with Crippen LogP contribution in [0.15, 0.2) is 22.7 Å². The van der Waals surface area contributed by atoms with E-state index in [0.717, 1.165) is 4.90 Å². The lowest BCUT2D eigenvalue weighted by atomic mass is 10.2. The predicted octanol–water partition coefficient (Wildman–Crippen LogP) is 3.06. The zero-order valence-corrected chi connectivity index (χ0v) is 11.2. The summed E-state index contributed by atoms with van der Waals surface area (Å²) in [6, 6.07) is 4.55. The molecule has 0 atom stereocenters. The fourth-order valence-electron chi connectivity index (χ4n) is 1.35. The van der Waals surface area contributed by atoms with E-state index in [1.807, 2.05) is 0 Å². The highest BCUT2D eigenvalue weighted by atomic mass is 79.9. The number of amides is 1. The van der Waals surface area contributed by atoms with Crippen LogP contribution >= 0.6 is 15.9 Å². The Balaban J connectivity index is 2.74. The van der Waals surface area contributed by atoms with Crippen LogP contribution in [0, 0.1) is 0 Å². The standard InChI is InChI=1S/C11H12BrF3N2O/c1-17(3-2-11(13,14)15)10(18)7-4-8(12)6-9(16)5-7/h4-6H,2-3,16H2,1H3. The van der Waals surface area contributed by atoms with Crippen LogP contribution in [0.1, 0.15) is 16.8 Å². The summed E-state index contributed by atoms with van der Waals surface area (Å²) in [4.78, 5) is 12.9. The number of hydrogen-bond donors (Lipinski definition) is 1. The Morgan fingerprint density at radius 1 is 1.39 bits per heavy atom. The van der Waals surface area contributed by atoms with E-state index in [-0.39, 0.29) is 12.1 Å². The molecule has 0 fully saturated rings. The molecule has 3 nitrogen and oxygen atoms in total. The van der Waals surface area contributed by atoms with Gasteiger partial charge in [-0.3, -0.25) is 4.79 Å². The van der Waals surface area contributed by atoms with Crippen molar-refractivity contribution in [3.05, 3.63) is 28.2 Å². The van der Waals surface area contributed by atoms with Crippen molar-refractivity contribution in [2.45, 2.75) is 12.6 Å². The van der Waals surface area contributed by atoms with Crippen LogP contribution in [0.4, 0.5) is 18.9 Å². The van der Waals surface area contributed by atoms with Gasteiger partial charge < -0.3 is 10.6 Å². The van der Waals surface area contributed by atoms with Crippen LogP contribution < -0.4 is 5.73 Å². The maximum absolute atomic E-state index is 12.0. The SMILES string of the molecule is CN(CCC(F)(F)F)C(=O)c1cc(N)cc(Br)c1. The van der Waals surface area contributed by atoms with Crippen LogP contribution in [0.2, 0.25) is 0 Å². The molecule has 7 heteroatoms. The summed E-state index contributed by atoms with van der Waals surface area (Å²) < 4.78 is 36.7. The predicted molar refractivity (Wildman–Crippen MR) is 66.2 cm³/mol. The fraction of sp³-hybridized carbons (Fsp3) is 0.364. The molecule has 0 spiro atoms. The minimum Gasteiger partial charge on any atom is -0.399 e. The Bertz CT molecular complexity index is 428. The third-order valence-corrected chi connectivity index (χ3v) is 2.70. The van der Waals surface area contributed by atoms with E-state index >= 15 is 0 Å². The average molecular weight is 325 g/mol. The lowest BCUT2D eigenvalue weighted by Crippen LogP contribution is -2.30. The number of nitrogens with zero attached hydrogens (tertiary/aromatic N) is 1. The number of alkyl halides is 3. The van der Waals surface area contributed by atoms with Crippen molar-refractivity contribution in [3.63, 3.8) is 0 Å². The van der Waals surface area contributed by atoms with E-state index in [2.05, 4.69) is 15.9 Å². The molecule has 0 unspecified atom stereocenters. The van der Waals surface area contributed by atoms with Crippen molar-refractivity contribution in [1.82, 2.24) is 4.90 Å². The van der Waals surface area contributed by atoms with Gasteiger partial charge in [0.25, 0.3) is 5.91 Å². The Hall–Kier alpha value is -1.24. The number of hydrogen-bond acceptors (Lipinski definition) is 2. The number of nitrogens with two attached hydrogens (primary N) is 1. The van der Waals surface area contributed by atoms with Crippen molar-refractivity contribution in [2.75, 3.05) is 19.3 Å². The smallest absolute Gasteiger partial charge is 0.390 e. The Labute approximate surface area is 111 Å². The molecule has 0 bridgehead atoms. The van der Waals surface area contributed by atoms with Gasteiger partial charge in [0.1, 0.15) is 0 Å². The van der Waals surface area contributed by atoms with Gasteiger partial charge in [0.2, 0.25) is 0 Å². The highest BCUT2D eigenvalue weighted by Gasteiger charge is 2.28. The molecule has 0 saturated carbocycles. The lowest BCUT2D eigenvalue weighted by Gasteiger charge is -2.18. The highest BCUT2D eigenvalue weighted by molar-refractivity contribution is 9.10. The minimum absolute atomic E-state index is 0.256. The van der Waals surface area contributed by atoms with Gasteiger partial charge in [0, 0.05) is 29.3 Å². The Morgan fingerprint density at radius 2 is 2.00 bits per heavy atom. The normalized spacial score (nSPS) is 11.4. The molecule has 0 heterocycles. The van der Waals surface area contributed by atoms with E-state index in [0.29, 0.717) is 10.2 Å². The first kappa shape index (κ1) is 14.8. The Kier molecular flexibility index (Phi) is 4.61. The van der Waals surface area contributed by atoms with E-state index in [4.69, 9.17) is 5.73 Å². The lowest BCUT2D eigenvalue weighted by molar-refractivity contribution is -0.136. The van der Waals surface area contributed by atoms with Crippen molar-refractivity contribution >= 4 is 27.5 Å². The van der Waals surface area contributed by atoms with Gasteiger partial charge in [-0.15, -0.1) is 0 Å². The molecular formula is C11H12BrF3N2O. The number of benzene rings is 1. The van der Waals surface area contributed by atoms with Gasteiger partial charge >= 0.3 is 6.18 Å². The van der Waals surface area contributed by atoms with E-state index in [9.17, 15) is 18.0 Å². The van der Waals surface area contributed by atoms with E-state index < -0.39 is 18.5 Å². The highest BCUT2D eigenvalue weighted by Crippen LogP contribution is 2.21. The van der Waals surface area contributed by atoms with Crippen molar-refractivity contribution in [1.29, 1.82) is 0 Å². The van der Waals surface area contributed by atoms with E-state index in [1.165, 1.54) is 19.2 Å². The maximum atomic E-state index is 12.0. The molecule has 100 valence electrons. The molecule has 1 rings (SSSR count). The number of rotatable bonds is 3. The first-order chi connectivity index (χ1) is 8.19. The molecule has 0 aromatic heterocycles. The second-order valence-corrected chi connectivity index (χ2v) is 4.78. The van der Waals surface area contributed by atoms with Crippen LogP contribution in [0.3, 0.4) is 0 Å². The third kappa shape index (κ3) is 4.56. The molecule has 0 aliphatic rings.